The number of aliphatic carboxylic acids is 1. The minimum atomic E-state index is -0.800. The number of aryl methyl sites for hydroxylation is 1. The van der Waals surface area contributed by atoms with Crippen LogP contribution in [0.4, 0.5) is 0 Å². The Morgan fingerprint density at radius 3 is 2.26 bits per heavy atom. The highest BCUT2D eigenvalue weighted by atomic mass is 16.4. The van der Waals surface area contributed by atoms with Crippen molar-refractivity contribution >= 4 is 11.9 Å². The molecule has 0 saturated carbocycles. The number of benzene rings is 1. The Bertz CT molecular complexity index is 571. The molecule has 0 bridgehead atoms. The Morgan fingerprint density at radius 2 is 1.78 bits per heavy atom. The summed E-state index contributed by atoms with van der Waals surface area (Å²) < 4.78 is 0. The second kappa shape index (κ2) is 6.73. The van der Waals surface area contributed by atoms with Crippen molar-refractivity contribution in [3.05, 3.63) is 35.4 Å². The van der Waals surface area contributed by atoms with Gasteiger partial charge in [-0.05, 0) is 28.9 Å². The van der Waals surface area contributed by atoms with Gasteiger partial charge in [0, 0.05) is 19.5 Å². The lowest BCUT2D eigenvalue weighted by Gasteiger charge is -2.19. The molecule has 0 spiro atoms. The monoisotopic (exact) mass is 317 g/mol. The highest BCUT2D eigenvalue weighted by molar-refractivity contribution is 5.79. The fourth-order valence-corrected chi connectivity index (χ4v) is 3.07. The molecule has 1 saturated heterocycles. The van der Waals surface area contributed by atoms with Crippen LogP contribution in [0.3, 0.4) is 0 Å². The number of likely N-dealkylation sites (tertiary alicyclic amines) is 1. The molecule has 2 atom stereocenters. The number of amides is 1. The molecule has 1 N–H and O–H groups in total. The summed E-state index contributed by atoms with van der Waals surface area (Å²) in [6, 6.07) is 8.41. The molecule has 1 amide bonds. The molecule has 126 valence electrons. The number of nitrogens with zero attached hydrogens (tertiary/aromatic N) is 1. The maximum atomic E-state index is 12.3. The van der Waals surface area contributed by atoms with Crippen molar-refractivity contribution in [2.24, 2.45) is 11.8 Å². The molecule has 0 aromatic heterocycles. The van der Waals surface area contributed by atoms with E-state index in [1.807, 2.05) is 6.92 Å². The first-order valence-corrected chi connectivity index (χ1v) is 8.28. The van der Waals surface area contributed by atoms with E-state index in [2.05, 4.69) is 45.0 Å². The molecule has 4 heteroatoms. The van der Waals surface area contributed by atoms with Gasteiger partial charge in [0.1, 0.15) is 0 Å². The summed E-state index contributed by atoms with van der Waals surface area (Å²) in [5, 5.41) is 9.14. The van der Waals surface area contributed by atoms with Crippen LogP contribution in [0.2, 0.25) is 0 Å². The van der Waals surface area contributed by atoms with Gasteiger partial charge in [-0.15, -0.1) is 0 Å². The van der Waals surface area contributed by atoms with Crippen molar-refractivity contribution in [3.63, 3.8) is 0 Å². The third kappa shape index (κ3) is 4.34. The Kier molecular flexibility index (Phi) is 5.12. The van der Waals surface area contributed by atoms with Crippen LogP contribution in [0.5, 0.6) is 0 Å². The van der Waals surface area contributed by atoms with Crippen LogP contribution in [0.15, 0.2) is 24.3 Å². The predicted molar refractivity (Wildman–Crippen MR) is 90.3 cm³/mol. The van der Waals surface area contributed by atoms with E-state index in [9.17, 15) is 9.59 Å². The first-order valence-electron chi connectivity index (χ1n) is 8.28. The van der Waals surface area contributed by atoms with E-state index in [1.165, 1.54) is 5.56 Å². The van der Waals surface area contributed by atoms with Crippen molar-refractivity contribution in [2.45, 2.75) is 46.0 Å². The average molecular weight is 317 g/mol. The fraction of sp³-hybridized carbons (Fsp3) is 0.579. The van der Waals surface area contributed by atoms with Gasteiger partial charge in [0.15, 0.2) is 0 Å². The largest absolute Gasteiger partial charge is 0.481 e. The fourth-order valence-electron chi connectivity index (χ4n) is 3.07. The van der Waals surface area contributed by atoms with Gasteiger partial charge in [0.25, 0.3) is 0 Å². The van der Waals surface area contributed by atoms with E-state index in [0.717, 1.165) is 5.56 Å². The summed E-state index contributed by atoms with van der Waals surface area (Å²) in [6.07, 6.45) is 1.14. The van der Waals surface area contributed by atoms with Crippen LogP contribution >= 0.6 is 0 Å². The van der Waals surface area contributed by atoms with E-state index < -0.39 is 11.9 Å². The molecule has 1 aromatic carbocycles. The van der Waals surface area contributed by atoms with Gasteiger partial charge in [-0.1, -0.05) is 52.0 Å². The second-order valence-corrected chi connectivity index (χ2v) is 7.67. The lowest BCUT2D eigenvalue weighted by Crippen LogP contribution is -2.30. The Hall–Kier alpha value is -1.84. The number of carboxylic acids is 1. The van der Waals surface area contributed by atoms with E-state index in [4.69, 9.17) is 5.11 Å². The van der Waals surface area contributed by atoms with Crippen molar-refractivity contribution in [2.75, 3.05) is 13.1 Å². The lowest BCUT2D eigenvalue weighted by molar-refractivity contribution is -0.142. The van der Waals surface area contributed by atoms with Crippen molar-refractivity contribution < 1.29 is 14.7 Å². The molecule has 0 unspecified atom stereocenters. The van der Waals surface area contributed by atoms with Gasteiger partial charge >= 0.3 is 5.97 Å². The molecular weight excluding hydrogens is 290 g/mol. The van der Waals surface area contributed by atoms with Crippen LogP contribution < -0.4 is 0 Å². The van der Waals surface area contributed by atoms with Crippen LogP contribution in [-0.2, 0) is 21.4 Å². The summed E-state index contributed by atoms with van der Waals surface area (Å²) in [6.45, 7) is 9.34. The van der Waals surface area contributed by atoms with Gasteiger partial charge in [0.2, 0.25) is 5.91 Å². The van der Waals surface area contributed by atoms with Crippen LogP contribution in [-0.4, -0.2) is 35.0 Å². The van der Waals surface area contributed by atoms with Crippen LogP contribution in [0.25, 0.3) is 0 Å². The third-order valence-electron chi connectivity index (χ3n) is 4.73. The van der Waals surface area contributed by atoms with Crippen LogP contribution in [0, 0.1) is 11.8 Å². The van der Waals surface area contributed by atoms with Gasteiger partial charge in [-0.2, -0.15) is 0 Å². The molecule has 1 aliphatic heterocycles. The number of carbonyl (C=O) groups is 2. The molecule has 2 rings (SSSR count). The van der Waals surface area contributed by atoms with Gasteiger partial charge in [-0.3, -0.25) is 9.59 Å². The number of carbonyl (C=O) groups excluding carboxylic acids is 1. The van der Waals surface area contributed by atoms with E-state index in [1.54, 1.807) is 4.90 Å². The topological polar surface area (TPSA) is 57.6 Å². The van der Waals surface area contributed by atoms with Crippen molar-refractivity contribution in [3.8, 4) is 0 Å². The number of hydrogen-bond acceptors (Lipinski definition) is 2. The van der Waals surface area contributed by atoms with Crippen molar-refractivity contribution in [1.29, 1.82) is 0 Å². The first-order chi connectivity index (χ1) is 10.7. The predicted octanol–water partition coefficient (Wildman–Crippen LogP) is 3.10. The second-order valence-electron chi connectivity index (χ2n) is 7.67. The third-order valence-corrected chi connectivity index (χ3v) is 4.73. The standard InChI is InChI=1S/C19H27NO3/c1-13-11-20(12-16(13)18(22)23)17(21)10-7-14-5-8-15(9-6-14)19(2,3)4/h5-6,8-9,13,16H,7,10-12H2,1-4H3,(H,22,23)/t13-,16-/m1/s1. The normalized spacial score (nSPS) is 21.5. The molecule has 23 heavy (non-hydrogen) atoms. The van der Waals surface area contributed by atoms with Gasteiger partial charge in [0.05, 0.1) is 5.92 Å². The molecule has 4 nitrogen and oxygen atoms in total. The van der Waals surface area contributed by atoms with E-state index >= 15 is 0 Å². The molecular formula is C19H27NO3. The van der Waals surface area contributed by atoms with Crippen LogP contribution in [0.1, 0.15) is 45.2 Å². The smallest absolute Gasteiger partial charge is 0.308 e. The summed E-state index contributed by atoms with van der Waals surface area (Å²) in [5.41, 5.74) is 2.56. The summed E-state index contributed by atoms with van der Waals surface area (Å²) in [5.74, 6) is -1.14. The zero-order chi connectivity index (χ0) is 17.2. The maximum Gasteiger partial charge on any atom is 0.308 e. The molecule has 0 aliphatic carbocycles. The lowest BCUT2D eigenvalue weighted by atomic mass is 9.86. The Labute approximate surface area is 138 Å². The van der Waals surface area contributed by atoms with Gasteiger partial charge in [-0.25, -0.2) is 0 Å². The number of rotatable bonds is 4. The first kappa shape index (κ1) is 17.5. The molecule has 1 heterocycles. The molecule has 1 fully saturated rings. The van der Waals surface area contributed by atoms with Gasteiger partial charge < -0.3 is 10.0 Å². The quantitative estimate of drug-likeness (QED) is 0.928. The zero-order valence-corrected chi connectivity index (χ0v) is 14.5. The minimum Gasteiger partial charge on any atom is -0.481 e. The van der Waals surface area contributed by atoms with Crippen molar-refractivity contribution in [1.82, 2.24) is 4.90 Å². The maximum absolute atomic E-state index is 12.3. The summed E-state index contributed by atoms with van der Waals surface area (Å²) >= 11 is 0. The number of hydrogen-bond donors (Lipinski definition) is 1. The Morgan fingerprint density at radius 1 is 1.17 bits per heavy atom. The number of carboxylic acid groups (broad SMARTS) is 1. The molecule has 1 aromatic rings. The minimum absolute atomic E-state index is 0.0301. The Balaban J connectivity index is 1.89. The summed E-state index contributed by atoms with van der Waals surface area (Å²) in [7, 11) is 0. The average Bonchev–Trinajstić information content (AvgIpc) is 2.86. The zero-order valence-electron chi connectivity index (χ0n) is 14.5. The molecule has 0 radical (unpaired) electrons. The van der Waals surface area contributed by atoms with E-state index in [0.29, 0.717) is 25.9 Å². The van der Waals surface area contributed by atoms with E-state index in [-0.39, 0.29) is 17.2 Å². The SMILES string of the molecule is C[C@@H]1CN(C(=O)CCc2ccc(C(C)(C)C)cc2)C[C@H]1C(=O)O. The highest BCUT2D eigenvalue weighted by Crippen LogP contribution is 2.25. The highest BCUT2D eigenvalue weighted by Gasteiger charge is 2.36. The summed E-state index contributed by atoms with van der Waals surface area (Å²) in [4.78, 5) is 25.1. The molecule has 1 aliphatic rings.